The third-order valence-electron chi connectivity index (χ3n) is 1.41. The van der Waals surface area contributed by atoms with Gasteiger partial charge in [-0.2, -0.15) is 0 Å². The van der Waals surface area contributed by atoms with Crippen molar-refractivity contribution >= 4 is 24.8 Å². The summed E-state index contributed by atoms with van der Waals surface area (Å²) in [5, 5.41) is 8.02. The van der Waals surface area contributed by atoms with E-state index in [2.05, 4.69) is 0 Å². The zero-order valence-corrected chi connectivity index (χ0v) is 9.65. The van der Waals surface area contributed by atoms with E-state index in [1.165, 1.54) is 0 Å². The van der Waals surface area contributed by atoms with Gasteiger partial charge in [0.25, 0.3) is 0 Å². The number of ether oxygens (including phenoxy) is 1. The standard InChI is InChI=1S/C9H10ClNO.BF4/c1-2-12-9(11)7-5-3-4-6-8(7)10;2-1(3,4)5/h3-6,11H,2H2,1H3;/q;-1. The Morgan fingerprint density at radius 3 is 2.18 bits per heavy atom. The fourth-order valence-electron chi connectivity index (χ4n) is 0.867. The van der Waals surface area contributed by atoms with Crippen molar-refractivity contribution in [1.82, 2.24) is 0 Å². The summed E-state index contributed by atoms with van der Waals surface area (Å²) in [7, 11) is -6.00. The van der Waals surface area contributed by atoms with E-state index in [-0.39, 0.29) is 5.90 Å². The van der Waals surface area contributed by atoms with E-state index in [4.69, 9.17) is 21.7 Å². The second-order valence-corrected chi connectivity index (χ2v) is 3.14. The highest BCUT2D eigenvalue weighted by Gasteiger charge is 2.20. The molecule has 0 aliphatic rings. The minimum Gasteiger partial charge on any atom is -0.478 e. The van der Waals surface area contributed by atoms with E-state index in [1.807, 2.05) is 19.1 Å². The number of nitrogens with one attached hydrogen (secondary N) is 1. The van der Waals surface area contributed by atoms with Crippen molar-refractivity contribution in [1.29, 1.82) is 5.41 Å². The van der Waals surface area contributed by atoms with Gasteiger partial charge < -0.3 is 22.0 Å². The summed E-state index contributed by atoms with van der Waals surface area (Å²) in [5.41, 5.74) is 0.640. The van der Waals surface area contributed by atoms with E-state index in [0.717, 1.165) is 0 Å². The molecule has 0 spiro atoms. The SMILES string of the molecule is CCOC(=N)c1ccccc1Cl.F[B-](F)(F)F. The van der Waals surface area contributed by atoms with Crippen molar-refractivity contribution in [3.8, 4) is 0 Å². The second kappa shape index (κ2) is 7.16. The smallest absolute Gasteiger partial charge is 0.478 e. The highest BCUT2D eigenvalue weighted by molar-refractivity contribution is 6.50. The summed E-state index contributed by atoms with van der Waals surface area (Å²) in [6, 6.07) is 7.16. The van der Waals surface area contributed by atoms with Crippen LogP contribution in [0.15, 0.2) is 24.3 Å². The van der Waals surface area contributed by atoms with Crippen LogP contribution in [0.5, 0.6) is 0 Å². The van der Waals surface area contributed by atoms with Crippen LogP contribution in [0, 0.1) is 5.41 Å². The van der Waals surface area contributed by atoms with Gasteiger partial charge in [0, 0.05) is 0 Å². The Bertz CT molecular complexity index is 366. The molecule has 0 aliphatic heterocycles. The van der Waals surface area contributed by atoms with Gasteiger partial charge in [-0.25, -0.2) is 0 Å². The van der Waals surface area contributed by atoms with Gasteiger partial charge in [0.1, 0.15) is 0 Å². The maximum atomic E-state index is 9.75. The molecule has 8 heteroatoms. The van der Waals surface area contributed by atoms with Gasteiger partial charge in [0.15, 0.2) is 0 Å². The first kappa shape index (κ1) is 15.8. The lowest BCUT2D eigenvalue weighted by Gasteiger charge is -2.05. The molecule has 0 amide bonds. The molecule has 1 aromatic carbocycles. The normalized spacial score (nSPS) is 10.2. The molecule has 0 aliphatic carbocycles. The molecule has 0 radical (unpaired) electrons. The first-order valence-electron chi connectivity index (χ1n) is 4.59. The molecule has 17 heavy (non-hydrogen) atoms. The van der Waals surface area contributed by atoms with Crippen LogP contribution in [0.3, 0.4) is 0 Å². The van der Waals surface area contributed by atoms with Gasteiger partial charge in [-0.1, -0.05) is 23.7 Å². The summed E-state index contributed by atoms with van der Waals surface area (Å²) in [5.74, 6) is 0.128. The Balaban J connectivity index is 0.000000437. The second-order valence-electron chi connectivity index (χ2n) is 2.74. The molecule has 1 rings (SSSR count). The number of halogens is 5. The van der Waals surface area contributed by atoms with Gasteiger partial charge in [-0.05, 0) is 19.1 Å². The molecule has 1 N–H and O–H groups in total. The highest BCUT2D eigenvalue weighted by Crippen LogP contribution is 2.15. The molecule has 0 saturated heterocycles. The summed E-state index contributed by atoms with van der Waals surface area (Å²) in [6.07, 6.45) is 0. The summed E-state index contributed by atoms with van der Waals surface area (Å²) < 4.78 is 44.0. The molecule has 0 fully saturated rings. The zero-order valence-electron chi connectivity index (χ0n) is 8.89. The lowest BCUT2D eigenvalue weighted by atomic mass is 10.2. The van der Waals surface area contributed by atoms with Gasteiger partial charge >= 0.3 is 7.25 Å². The molecule has 0 saturated carbocycles. The van der Waals surface area contributed by atoms with E-state index in [9.17, 15) is 17.3 Å². The predicted octanol–water partition coefficient (Wildman–Crippen LogP) is 4.00. The Kier molecular flexibility index (Phi) is 6.64. The fraction of sp³-hybridized carbons (Fsp3) is 0.222. The molecule has 1 aromatic rings. The first-order valence-corrected chi connectivity index (χ1v) is 4.97. The largest absolute Gasteiger partial charge is 0.673 e. The third kappa shape index (κ3) is 8.56. The van der Waals surface area contributed by atoms with Crippen LogP contribution >= 0.6 is 11.6 Å². The van der Waals surface area contributed by atoms with Gasteiger partial charge in [-0.3, -0.25) is 5.41 Å². The Morgan fingerprint density at radius 1 is 1.29 bits per heavy atom. The number of rotatable bonds is 2. The maximum absolute atomic E-state index is 9.75. The van der Waals surface area contributed by atoms with Crippen LogP contribution in [0.1, 0.15) is 12.5 Å². The Hall–Kier alpha value is -1.24. The third-order valence-corrected chi connectivity index (χ3v) is 1.74. The van der Waals surface area contributed by atoms with Crippen molar-refractivity contribution in [2.45, 2.75) is 6.92 Å². The lowest BCUT2D eigenvalue weighted by molar-refractivity contribution is 0.325. The number of hydrogen-bond acceptors (Lipinski definition) is 2. The predicted molar refractivity (Wildman–Crippen MR) is 60.1 cm³/mol. The van der Waals surface area contributed by atoms with Crippen molar-refractivity contribution in [2.24, 2.45) is 0 Å². The van der Waals surface area contributed by atoms with Gasteiger partial charge in [-0.15, -0.1) is 0 Å². The van der Waals surface area contributed by atoms with Crippen molar-refractivity contribution in [2.75, 3.05) is 6.61 Å². The average molecular weight is 270 g/mol. The van der Waals surface area contributed by atoms with E-state index in [0.29, 0.717) is 17.2 Å². The van der Waals surface area contributed by atoms with Crippen LogP contribution in [0.25, 0.3) is 0 Å². The number of benzene rings is 1. The molecule has 0 heterocycles. The zero-order chi connectivity index (χ0) is 13.5. The Morgan fingerprint density at radius 2 is 1.76 bits per heavy atom. The summed E-state index contributed by atoms with van der Waals surface area (Å²) >= 11 is 5.83. The molecule has 0 bridgehead atoms. The van der Waals surface area contributed by atoms with Crippen molar-refractivity contribution in [3.63, 3.8) is 0 Å². The van der Waals surface area contributed by atoms with E-state index < -0.39 is 7.25 Å². The summed E-state index contributed by atoms with van der Waals surface area (Å²) in [4.78, 5) is 0. The molecule has 96 valence electrons. The van der Waals surface area contributed by atoms with Crippen LogP contribution in [0.2, 0.25) is 5.02 Å². The van der Waals surface area contributed by atoms with Gasteiger partial charge in [0.05, 0.1) is 17.2 Å². The van der Waals surface area contributed by atoms with Crippen molar-refractivity contribution < 1.29 is 22.0 Å². The van der Waals surface area contributed by atoms with Crippen LogP contribution in [-0.2, 0) is 4.74 Å². The fourth-order valence-corrected chi connectivity index (χ4v) is 1.09. The highest BCUT2D eigenvalue weighted by atomic mass is 35.5. The molecule has 0 atom stereocenters. The van der Waals surface area contributed by atoms with Crippen LogP contribution < -0.4 is 0 Å². The summed E-state index contributed by atoms with van der Waals surface area (Å²) in [6.45, 7) is 2.33. The molecule has 0 aromatic heterocycles. The Labute approximate surface area is 101 Å². The first-order chi connectivity index (χ1) is 7.75. The van der Waals surface area contributed by atoms with E-state index in [1.54, 1.807) is 12.1 Å². The van der Waals surface area contributed by atoms with Gasteiger partial charge in [0.2, 0.25) is 5.90 Å². The quantitative estimate of drug-likeness (QED) is 0.375. The topological polar surface area (TPSA) is 33.1 Å². The number of hydrogen-bond donors (Lipinski definition) is 1. The molecule has 0 unspecified atom stereocenters. The maximum Gasteiger partial charge on any atom is 0.673 e. The minimum absolute atomic E-state index is 0.128. The molecular weight excluding hydrogens is 260 g/mol. The van der Waals surface area contributed by atoms with Crippen LogP contribution in [0.4, 0.5) is 17.3 Å². The average Bonchev–Trinajstić information content (AvgIpc) is 2.16. The molecular formula is C9H10BClF4NO-. The minimum atomic E-state index is -6.00. The van der Waals surface area contributed by atoms with E-state index >= 15 is 0 Å². The van der Waals surface area contributed by atoms with Crippen molar-refractivity contribution in [3.05, 3.63) is 34.9 Å². The van der Waals surface area contributed by atoms with Crippen LogP contribution in [-0.4, -0.2) is 19.8 Å². The molecule has 2 nitrogen and oxygen atoms in total. The lowest BCUT2D eigenvalue weighted by Crippen LogP contribution is -2.04. The monoisotopic (exact) mass is 270 g/mol.